The fourth-order valence-electron chi connectivity index (χ4n) is 4.35. The normalized spacial score (nSPS) is 11.2. The first-order valence-corrected chi connectivity index (χ1v) is 11.6. The van der Waals surface area contributed by atoms with Crippen molar-refractivity contribution >= 4 is 11.0 Å². The average Bonchev–Trinajstić information content (AvgIpc) is 2.93. The molecule has 0 amide bonds. The lowest BCUT2D eigenvalue weighted by Gasteiger charge is -2.15. The summed E-state index contributed by atoms with van der Waals surface area (Å²) < 4.78 is 57.3. The standard InChI is InChI=1S/C30H16F4N4/c31-17-7-9-19(23(33)15-17)21-11-12-22(20-10-8-18(32)16-24(20)34)28-27(21)37-29(25-5-1-3-13-35-25)30(38-28)26-6-2-4-14-36-26/h1-16H. The summed E-state index contributed by atoms with van der Waals surface area (Å²) in [5, 5.41) is 0. The molecule has 4 nitrogen and oxygen atoms in total. The highest BCUT2D eigenvalue weighted by Gasteiger charge is 2.22. The zero-order valence-corrected chi connectivity index (χ0v) is 19.5. The summed E-state index contributed by atoms with van der Waals surface area (Å²) in [5.74, 6) is -3.03. The number of hydrogen-bond acceptors (Lipinski definition) is 4. The van der Waals surface area contributed by atoms with E-state index >= 15 is 0 Å². The Labute approximate surface area is 214 Å². The average molecular weight is 508 g/mol. The second kappa shape index (κ2) is 9.48. The molecular weight excluding hydrogens is 492 g/mol. The molecule has 8 heteroatoms. The molecule has 6 aromatic rings. The summed E-state index contributed by atoms with van der Waals surface area (Å²) in [4.78, 5) is 18.6. The van der Waals surface area contributed by atoms with Crippen LogP contribution >= 0.6 is 0 Å². The minimum absolute atomic E-state index is 0.0920. The number of rotatable bonds is 4. The van der Waals surface area contributed by atoms with Gasteiger partial charge in [-0.1, -0.05) is 24.3 Å². The van der Waals surface area contributed by atoms with Gasteiger partial charge >= 0.3 is 0 Å². The number of hydrogen-bond donors (Lipinski definition) is 0. The third-order valence-corrected chi connectivity index (χ3v) is 6.08. The van der Waals surface area contributed by atoms with E-state index in [9.17, 15) is 17.6 Å². The van der Waals surface area contributed by atoms with Gasteiger partial charge in [0.05, 0.1) is 22.4 Å². The van der Waals surface area contributed by atoms with E-state index in [4.69, 9.17) is 9.97 Å². The SMILES string of the molecule is Fc1ccc(-c2ccc(-c3ccc(F)cc3F)c3nc(-c4ccccn4)c(-c4ccccn4)nc23)c(F)c1. The summed E-state index contributed by atoms with van der Waals surface area (Å²) in [6.07, 6.45) is 3.21. The Morgan fingerprint density at radius 3 is 1.24 bits per heavy atom. The molecule has 0 unspecified atom stereocenters. The Balaban J connectivity index is 1.75. The van der Waals surface area contributed by atoms with E-state index in [1.165, 1.54) is 12.1 Å². The van der Waals surface area contributed by atoms with Crippen LogP contribution in [-0.4, -0.2) is 19.9 Å². The molecule has 3 aromatic heterocycles. The van der Waals surface area contributed by atoms with Crippen LogP contribution in [0.4, 0.5) is 17.6 Å². The van der Waals surface area contributed by atoms with E-state index in [2.05, 4.69) is 9.97 Å². The first kappa shape index (κ1) is 23.4. The van der Waals surface area contributed by atoms with E-state index in [0.29, 0.717) is 33.9 Å². The predicted octanol–water partition coefficient (Wildman–Crippen LogP) is 7.64. The predicted molar refractivity (Wildman–Crippen MR) is 137 cm³/mol. The number of halogens is 4. The summed E-state index contributed by atoms with van der Waals surface area (Å²) in [5.41, 5.74) is 3.02. The largest absolute Gasteiger partial charge is 0.255 e. The van der Waals surface area contributed by atoms with Crippen LogP contribution in [0.2, 0.25) is 0 Å². The fraction of sp³-hybridized carbons (Fsp3) is 0. The van der Waals surface area contributed by atoms with Crippen molar-refractivity contribution in [1.29, 1.82) is 0 Å². The second-order valence-electron chi connectivity index (χ2n) is 8.46. The number of pyridine rings is 2. The number of nitrogens with zero attached hydrogens (tertiary/aromatic N) is 4. The molecule has 0 aliphatic rings. The van der Waals surface area contributed by atoms with Crippen LogP contribution in [0.5, 0.6) is 0 Å². The molecule has 0 saturated heterocycles. The van der Waals surface area contributed by atoms with E-state index < -0.39 is 23.3 Å². The van der Waals surface area contributed by atoms with Crippen LogP contribution in [0.15, 0.2) is 97.3 Å². The molecule has 0 saturated carbocycles. The van der Waals surface area contributed by atoms with Crippen LogP contribution in [0.3, 0.4) is 0 Å². The molecule has 0 fully saturated rings. The monoisotopic (exact) mass is 508 g/mol. The lowest BCUT2D eigenvalue weighted by Crippen LogP contribution is -2.01. The Morgan fingerprint density at radius 2 is 0.868 bits per heavy atom. The van der Waals surface area contributed by atoms with Crippen molar-refractivity contribution in [2.75, 3.05) is 0 Å². The minimum atomic E-state index is -0.790. The van der Waals surface area contributed by atoms with Gasteiger partial charge in [-0.05, 0) is 48.5 Å². The summed E-state index contributed by atoms with van der Waals surface area (Å²) in [7, 11) is 0. The van der Waals surface area contributed by atoms with E-state index in [1.807, 2.05) is 0 Å². The van der Waals surface area contributed by atoms with Gasteiger partial charge < -0.3 is 0 Å². The van der Waals surface area contributed by atoms with Crippen molar-refractivity contribution in [3.63, 3.8) is 0 Å². The molecule has 6 rings (SSSR count). The maximum Gasteiger partial charge on any atom is 0.134 e. The zero-order valence-electron chi connectivity index (χ0n) is 19.5. The molecule has 0 spiro atoms. The van der Waals surface area contributed by atoms with Gasteiger partial charge in [0, 0.05) is 46.8 Å². The molecule has 0 aliphatic heterocycles. The molecule has 38 heavy (non-hydrogen) atoms. The van der Waals surface area contributed by atoms with Crippen molar-refractivity contribution in [3.05, 3.63) is 121 Å². The summed E-state index contributed by atoms with van der Waals surface area (Å²) >= 11 is 0. The fourth-order valence-corrected chi connectivity index (χ4v) is 4.35. The van der Waals surface area contributed by atoms with Gasteiger partial charge in [-0.3, -0.25) is 9.97 Å². The minimum Gasteiger partial charge on any atom is -0.255 e. The molecular formula is C30H16F4N4. The molecule has 0 N–H and O–H groups in total. The van der Waals surface area contributed by atoms with Gasteiger partial charge in [-0.25, -0.2) is 27.5 Å². The van der Waals surface area contributed by atoms with Crippen molar-refractivity contribution in [2.24, 2.45) is 0 Å². The van der Waals surface area contributed by atoms with Gasteiger partial charge in [0.2, 0.25) is 0 Å². The van der Waals surface area contributed by atoms with Gasteiger partial charge in [0.25, 0.3) is 0 Å². The number of aromatic nitrogens is 4. The van der Waals surface area contributed by atoms with Gasteiger partial charge in [-0.2, -0.15) is 0 Å². The third kappa shape index (κ3) is 4.16. The Kier molecular flexibility index (Phi) is 5.84. The first-order chi connectivity index (χ1) is 18.5. The molecule has 184 valence electrons. The van der Waals surface area contributed by atoms with Crippen LogP contribution in [-0.2, 0) is 0 Å². The highest BCUT2D eigenvalue weighted by atomic mass is 19.1. The van der Waals surface area contributed by atoms with E-state index in [1.54, 1.807) is 60.9 Å². The molecule has 3 aromatic carbocycles. The van der Waals surface area contributed by atoms with E-state index in [0.717, 1.165) is 24.3 Å². The number of benzene rings is 3. The topological polar surface area (TPSA) is 51.6 Å². The molecule has 3 heterocycles. The zero-order chi connectivity index (χ0) is 26.2. The van der Waals surface area contributed by atoms with Crippen molar-refractivity contribution in [3.8, 4) is 45.0 Å². The molecule has 0 aliphatic carbocycles. The maximum absolute atomic E-state index is 15.0. The second-order valence-corrected chi connectivity index (χ2v) is 8.46. The summed E-state index contributed by atoms with van der Waals surface area (Å²) in [6.45, 7) is 0. The van der Waals surface area contributed by atoms with Crippen LogP contribution < -0.4 is 0 Å². The highest BCUT2D eigenvalue weighted by Crippen LogP contribution is 2.39. The first-order valence-electron chi connectivity index (χ1n) is 11.6. The van der Waals surface area contributed by atoms with Crippen molar-refractivity contribution < 1.29 is 17.6 Å². The smallest absolute Gasteiger partial charge is 0.134 e. The van der Waals surface area contributed by atoms with Crippen LogP contribution in [0, 0.1) is 23.3 Å². The highest BCUT2D eigenvalue weighted by molar-refractivity contribution is 6.02. The van der Waals surface area contributed by atoms with Crippen molar-refractivity contribution in [2.45, 2.75) is 0 Å². The molecule has 0 bridgehead atoms. The Bertz CT molecular complexity index is 1680. The lowest BCUT2D eigenvalue weighted by atomic mass is 9.96. The molecule has 0 radical (unpaired) electrons. The van der Waals surface area contributed by atoms with Gasteiger partial charge in [-0.15, -0.1) is 0 Å². The van der Waals surface area contributed by atoms with Crippen LogP contribution in [0.25, 0.3) is 56.1 Å². The Morgan fingerprint density at radius 1 is 0.447 bits per heavy atom. The third-order valence-electron chi connectivity index (χ3n) is 6.08. The van der Waals surface area contributed by atoms with E-state index in [-0.39, 0.29) is 22.2 Å². The summed E-state index contributed by atoms with van der Waals surface area (Å²) in [6, 6.07) is 20.2. The van der Waals surface area contributed by atoms with Crippen LogP contribution in [0.1, 0.15) is 0 Å². The Hall–Kier alpha value is -4.98. The quantitative estimate of drug-likeness (QED) is 0.230. The van der Waals surface area contributed by atoms with Crippen molar-refractivity contribution in [1.82, 2.24) is 19.9 Å². The molecule has 0 atom stereocenters. The van der Waals surface area contributed by atoms with Gasteiger partial charge in [0.15, 0.2) is 0 Å². The maximum atomic E-state index is 15.0. The number of fused-ring (bicyclic) bond motifs is 1. The van der Waals surface area contributed by atoms with Gasteiger partial charge in [0.1, 0.15) is 34.7 Å². The lowest BCUT2D eigenvalue weighted by molar-refractivity contribution is 0.584.